The van der Waals surface area contributed by atoms with E-state index in [4.69, 9.17) is 4.74 Å². The van der Waals surface area contributed by atoms with Crippen LogP contribution in [0.3, 0.4) is 0 Å². The first-order valence-corrected chi connectivity index (χ1v) is 10.1. The summed E-state index contributed by atoms with van der Waals surface area (Å²) in [6.07, 6.45) is 2.48. The number of hydrogen-bond donors (Lipinski definition) is 1. The summed E-state index contributed by atoms with van der Waals surface area (Å²) < 4.78 is 6.97. The van der Waals surface area contributed by atoms with E-state index in [0.717, 1.165) is 58.0 Å². The predicted octanol–water partition coefficient (Wildman–Crippen LogP) is 4.31. The standard InChI is InChI=1S/C24H25NO4/c1-4-6-15-10-23-20-9-16-7-8-17(27)11-19(16)18(5-2)21(20)12-25(23)24(28)22(15)13-29-14(3)26/h7-11,27H,4-6,12-13H2,1-3H3. The number of hydrogen-bond acceptors (Lipinski definition) is 4. The van der Waals surface area contributed by atoms with Crippen LogP contribution in [0.2, 0.25) is 0 Å². The topological polar surface area (TPSA) is 68.5 Å². The van der Waals surface area contributed by atoms with Crippen molar-refractivity contribution >= 4 is 16.7 Å². The summed E-state index contributed by atoms with van der Waals surface area (Å²) in [5.74, 6) is -0.145. The number of aromatic hydroxyl groups is 1. The highest BCUT2D eigenvalue weighted by molar-refractivity contribution is 5.94. The minimum absolute atomic E-state index is 0.0105. The Balaban J connectivity index is 1.95. The fourth-order valence-electron chi connectivity index (χ4n) is 4.41. The molecule has 1 aliphatic rings. The Morgan fingerprint density at radius 2 is 1.97 bits per heavy atom. The zero-order valence-corrected chi connectivity index (χ0v) is 17.0. The number of aryl methyl sites for hydroxylation is 2. The molecular weight excluding hydrogens is 366 g/mol. The van der Waals surface area contributed by atoms with Gasteiger partial charge in [-0.2, -0.15) is 0 Å². The minimum Gasteiger partial charge on any atom is -0.508 e. The molecule has 29 heavy (non-hydrogen) atoms. The molecule has 0 aliphatic carbocycles. The molecular formula is C24H25NO4. The summed E-state index contributed by atoms with van der Waals surface area (Å²) in [5, 5.41) is 12.0. The molecule has 0 bridgehead atoms. The molecule has 1 aliphatic heterocycles. The first kappa shape index (κ1) is 19.2. The largest absolute Gasteiger partial charge is 0.508 e. The molecule has 2 aromatic carbocycles. The summed E-state index contributed by atoms with van der Waals surface area (Å²) >= 11 is 0. The van der Waals surface area contributed by atoms with Crippen molar-refractivity contribution in [1.82, 2.24) is 4.57 Å². The first-order chi connectivity index (χ1) is 13.9. The maximum atomic E-state index is 13.3. The van der Waals surface area contributed by atoms with Crippen molar-refractivity contribution in [2.24, 2.45) is 0 Å². The number of fused-ring (bicyclic) bond motifs is 4. The fraction of sp³-hybridized carbons (Fsp3) is 0.333. The Kier molecular flexibility index (Phi) is 4.91. The van der Waals surface area contributed by atoms with E-state index in [1.165, 1.54) is 6.92 Å². The van der Waals surface area contributed by atoms with E-state index in [1.807, 2.05) is 6.07 Å². The molecule has 5 nitrogen and oxygen atoms in total. The molecule has 2 heterocycles. The van der Waals surface area contributed by atoms with Crippen LogP contribution in [0.15, 0.2) is 35.1 Å². The Morgan fingerprint density at radius 3 is 2.66 bits per heavy atom. The maximum absolute atomic E-state index is 13.3. The minimum atomic E-state index is -0.389. The summed E-state index contributed by atoms with van der Waals surface area (Å²) in [4.78, 5) is 24.6. The van der Waals surface area contributed by atoms with Gasteiger partial charge in [-0.25, -0.2) is 0 Å². The molecule has 4 rings (SSSR count). The Hall–Kier alpha value is -3.08. The number of carbonyl (C=O) groups is 1. The number of esters is 1. The van der Waals surface area contributed by atoms with E-state index in [2.05, 4.69) is 26.0 Å². The van der Waals surface area contributed by atoms with E-state index in [9.17, 15) is 14.7 Å². The molecule has 0 spiro atoms. The zero-order valence-electron chi connectivity index (χ0n) is 17.0. The van der Waals surface area contributed by atoms with Gasteiger partial charge >= 0.3 is 5.97 Å². The van der Waals surface area contributed by atoms with Crippen molar-refractivity contribution in [3.8, 4) is 17.0 Å². The van der Waals surface area contributed by atoms with Crippen LogP contribution in [0.1, 0.15) is 49.4 Å². The third-order valence-corrected chi connectivity index (χ3v) is 5.73. The van der Waals surface area contributed by atoms with E-state index in [-0.39, 0.29) is 23.9 Å². The van der Waals surface area contributed by atoms with Crippen LogP contribution in [0.5, 0.6) is 5.75 Å². The van der Waals surface area contributed by atoms with Gasteiger partial charge in [0.15, 0.2) is 0 Å². The van der Waals surface area contributed by atoms with Crippen LogP contribution in [0, 0.1) is 0 Å². The fourth-order valence-corrected chi connectivity index (χ4v) is 4.41. The highest BCUT2D eigenvalue weighted by Crippen LogP contribution is 2.39. The lowest BCUT2D eigenvalue weighted by Gasteiger charge is -2.13. The van der Waals surface area contributed by atoms with E-state index in [0.29, 0.717) is 12.1 Å². The number of aromatic nitrogens is 1. The molecule has 0 radical (unpaired) electrons. The molecule has 150 valence electrons. The van der Waals surface area contributed by atoms with Crippen molar-refractivity contribution in [2.75, 3.05) is 0 Å². The second-order valence-electron chi connectivity index (χ2n) is 7.60. The van der Waals surface area contributed by atoms with Crippen molar-refractivity contribution < 1.29 is 14.6 Å². The third kappa shape index (κ3) is 3.20. The first-order valence-electron chi connectivity index (χ1n) is 10.1. The van der Waals surface area contributed by atoms with Gasteiger partial charge in [-0.15, -0.1) is 0 Å². The van der Waals surface area contributed by atoms with Gasteiger partial charge in [0.25, 0.3) is 5.56 Å². The predicted molar refractivity (Wildman–Crippen MR) is 113 cm³/mol. The summed E-state index contributed by atoms with van der Waals surface area (Å²) in [5.41, 5.74) is 5.72. The van der Waals surface area contributed by atoms with Crippen LogP contribution < -0.4 is 5.56 Å². The Morgan fingerprint density at radius 1 is 1.17 bits per heavy atom. The van der Waals surface area contributed by atoms with Crippen molar-refractivity contribution in [3.05, 3.63) is 62.9 Å². The molecule has 0 saturated carbocycles. The number of benzene rings is 2. The number of nitrogens with zero attached hydrogens (tertiary/aromatic N) is 1. The van der Waals surface area contributed by atoms with Crippen LogP contribution in [-0.4, -0.2) is 15.6 Å². The summed E-state index contributed by atoms with van der Waals surface area (Å²) in [6.45, 7) is 6.03. The quantitative estimate of drug-likeness (QED) is 0.515. The lowest BCUT2D eigenvalue weighted by atomic mass is 9.92. The van der Waals surface area contributed by atoms with Gasteiger partial charge in [0.1, 0.15) is 12.4 Å². The Bertz CT molecular complexity index is 1190. The second-order valence-corrected chi connectivity index (χ2v) is 7.60. The van der Waals surface area contributed by atoms with Gasteiger partial charge in [-0.1, -0.05) is 26.3 Å². The normalized spacial score (nSPS) is 12.1. The molecule has 1 aromatic heterocycles. The molecule has 0 fully saturated rings. The zero-order chi connectivity index (χ0) is 20.7. The maximum Gasteiger partial charge on any atom is 0.302 e. The molecule has 0 unspecified atom stereocenters. The molecule has 0 atom stereocenters. The monoisotopic (exact) mass is 391 g/mol. The highest BCUT2D eigenvalue weighted by atomic mass is 16.5. The average Bonchev–Trinajstić information content (AvgIpc) is 3.04. The third-order valence-electron chi connectivity index (χ3n) is 5.73. The van der Waals surface area contributed by atoms with Gasteiger partial charge in [0.2, 0.25) is 0 Å². The van der Waals surface area contributed by atoms with Crippen molar-refractivity contribution in [1.29, 1.82) is 0 Å². The average molecular weight is 391 g/mol. The lowest BCUT2D eigenvalue weighted by Crippen LogP contribution is -2.26. The van der Waals surface area contributed by atoms with Crippen LogP contribution >= 0.6 is 0 Å². The second kappa shape index (κ2) is 7.39. The van der Waals surface area contributed by atoms with Crippen molar-refractivity contribution in [2.45, 2.75) is 53.2 Å². The highest BCUT2D eigenvalue weighted by Gasteiger charge is 2.26. The number of rotatable bonds is 5. The SMILES string of the molecule is CCCc1cc2n(c(=O)c1COC(C)=O)Cc1c-2cc2ccc(O)cc2c1CC. The van der Waals surface area contributed by atoms with Gasteiger partial charge in [-0.05, 0) is 64.6 Å². The van der Waals surface area contributed by atoms with Crippen molar-refractivity contribution in [3.63, 3.8) is 0 Å². The number of phenols is 1. The molecule has 5 heteroatoms. The number of ether oxygens (including phenoxy) is 1. The van der Waals surface area contributed by atoms with E-state index >= 15 is 0 Å². The molecule has 0 saturated heterocycles. The Labute approximate surface area is 169 Å². The summed E-state index contributed by atoms with van der Waals surface area (Å²) in [7, 11) is 0. The smallest absolute Gasteiger partial charge is 0.302 e. The van der Waals surface area contributed by atoms with Crippen LogP contribution in [0.25, 0.3) is 22.0 Å². The molecule has 0 amide bonds. The summed E-state index contributed by atoms with van der Waals surface area (Å²) in [6, 6.07) is 9.62. The van der Waals surface area contributed by atoms with Gasteiger partial charge < -0.3 is 14.4 Å². The van der Waals surface area contributed by atoms with Gasteiger partial charge in [0.05, 0.1) is 17.8 Å². The van der Waals surface area contributed by atoms with Crippen LogP contribution in [0.4, 0.5) is 0 Å². The van der Waals surface area contributed by atoms with Gasteiger partial charge in [-0.3, -0.25) is 9.59 Å². The van der Waals surface area contributed by atoms with E-state index in [1.54, 1.807) is 16.7 Å². The lowest BCUT2D eigenvalue weighted by molar-refractivity contribution is -0.142. The molecule has 3 aromatic rings. The number of phenolic OH excluding ortho intramolecular Hbond substituents is 1. The number of carbonyl (C=O) groups excluding carboxylic acids is 1. The van der Waals surface area contributed by atoms with Crippen LogP contribution in [-0.2, 0) is 35.5 Å². The van der Waals surface area contributed by atoms with E-state index < -0.39 is 0 Å². The number of pyridine rings is 1. The molecule has 1 N–H and O–H groups in total. The van der Waals surface area contributed by atoms with Gasteiger partial charge in [0, 0.05) is 12.5 Å².